The van der Waals surface area contributed by atoms with Gasteiger partial charge in [-0.25, -0.2) is 4.98 Å². The molecule has 0 spiro atoms. The number of halogens is 1. The molecule has 1 saturated heterocycles. The number of imidazole rings is 1. The zero-order chi connectivity index (χ0) is 26.8. The van der Waals surface area contributed by atoms with Crippen molar-refractivity contribution in [3.05, 3.63) is 101 Å². The van der Waals surface area contributed by atoms with E-state index in [0.29, 0.717) is 17.0 Å². The summed E-state index contributed by atoms with van der Waals surface area (Å²) in [4.78, 5) is 24.9. The Morgan fingerprint density at radius 2 is 1.87 bits per heavy atom. The monoisotopic (exact) mass is 541 g/mol. The minimum Gasteiger partial charge on any atom is -0.451 e. The van der Waals surface area contributed by atoms with Crippen LogP contribution >= 0.6 is 11.6 Å². The van der Waals surface area contributed by atoms with Gasteiger partial charge in [0.05, 0.1) is 31.1 Å². The maximum absolute atomic E-state index is 13.3. The summed E-state index contributed by atoms with van der Waals surface area (Å²) in [7, 11) is 1.97. The quantitative estimate of drug-likeness (QED) is 0.296. The molecule has 0 unspecified atom stereocenters. The van der Waals surface area contributed by atoms with E-state index in [-0.39, 0.29) is 11.7 Å². The van der Waals surface area contributed by atoms with Crippen LogP contribution in [0.25, 0.3) is 22.2 Å². The molecule has 1 aliphatic heterocycles. The van der Waals surface area contributed by atoms with Crippen molar-refractivity contribution in [2.45, 2.75) is 12.5 Å². The molecule has 39 heavy (non-hydrogen) atoms. The Labute approximate surface area is 231 Å². The fourth-order valence-electron chi connectivity index (χ4n) is 4.97. The van der Waals surface area contributed by atoms with Crippen molar-refractivity contribution < 1.29 is 13.9 Å². The van der Waals surface area contributed by atoms with Crippen LogP contribution in [0.1, 0.15) is 28.1 Å². The fourth-order valence-corrected chi connectivity index (χ4v) is 5.15. The van der Waals surface area contributed by atoms with Gasteiger partial charge in [-0.15, -0.1) is 0 Å². The van der Waals surface area contributed by atoms with Crippen molar-refractivity contribution in [1.82, 2.24) is 19.9 Å². The summed E-state index contributed by atoms with van der Waals surface area (Å²) < 4.78 is 13.3. The maximum atomic E-state index is 13.3. The first kappa shape index (κ1) is 25.2. The van der Waals surface area contributed by atoms with Gasteiger partial charge in [0.2, 0.25) is 0 Å². The van der Waals surface area contributed by atoms with Crippen molar-refractivity contribution in [2.24, 2.45) is 7.05 Å². The lowest BCUT2D eigenvalue weighted by Crippen LogP contribution is -2.36. The summed E-state index contributed by atoms with van der Waals surface area (Å²) in [6.45, 7) is 3.28. The molecule has 198 valence electrons. The van der Waals surface area contributed by atoms with Crippen LogP contribution in [-0.4, -0.2) is 46.7 Å². The van der Waals surface area contributed by atoms with Gasteiger partial charge in [-0.3, -0.25) is 9.78 Å². The van der Waals surface area contributed by atoms with Gasteiger partial charge >= 0.3 is 0 Å². The van der Waals surface area contributed by atoms with Gasteiger partial charge in [-0.05, 0) is 54.1 Å². The zero-order valence-corrected chi connectivity index (χ0v) is 22.3. The predicted molar refractivity (Wildman–Crippen MR) is 151 cm³/mol. The van der Waals surface area contributed by atoms with Gasteiger partial charge < -0.3 is 23.9 Å². The molecule has 1 aliphatic rings. The molecule has 6 rings (SSSR count). The van der Waals surface area contributed by atoms with Crippen LogP contribution in [0.5, 0.6) is 0 Å². The Hall–Kier alpha value is -4.14. The van der Waals surface area contributed by atoms with Crippen LogP contribution in [0.15, 0.2) is 83.5 Å². The number of nitrogens with one attached hydrogen (secondary N) is 1. The Bertz CT molecular complexity index is 1590. The van der Waals surface area contributed by atoms with E-state index >= 15 is 0 Å². The largest absolute Gasteiger partial charge is 0.451 e. The number of nitrogens with zero attached hydrogens (tertiary/aromatic N) is 4. The summed E-state index contributed by atoms with van der Waals surface area (Å²) in [5.41, 5.74) is 4.63. The molecule has 1 amide bonds. The van der Waals surface area contributed by atoms with Crippen molar-refractivity contribution in [1.29, 1.82) is 0 Å². The molecule has 0 radical (unpaired) electrons. The number of hydrogen-bond donors (Lipinski definition) is 1. The highest BCUT2D eigenvalue weighted by atomic mass is 35.5. The Morgan fingerprint density at radius 3 is 2.64 bits per heavy atom. The second-order valence-electron chi connectivity index (χ2n) is 9.55. The summed E-state index contributed by atoms with van der Waals surface area (Å²) in [5.74, 6) is 0.606. The molecule has 1 N–H and O–H groups in total. The molecule has 2 aromatic carbocycles. The topological polar surface area (TPSA) is 85.4 Å². The van der Waals surface area contributed by atoms with Crippen LogP contribution < -0.4 is 10.2 Å². The van der Waals surface area contributed by atoms with E-state index < -0.39 is 6.04 Å². The smallest absolute Gasteiger partial charge is 0.287 e. The minimum absolute atomic E-state index is 0.214. The number of carbonyl (C=O) groups excluding carboxylic acids is 1. The number of furan rings is 1. The normalized spacial score (nSPS) is 14.5. The van der Waals surface area contributed by atoms with E-state index in [4.69, 9.17) is 25.7 Å². The molecule has 8 nitrogen and oxygen atoms in total. The number of hydrogen-bond acceptors (Lipinski definition) is 6. The number of benzene rings is 2. The summed E-state index contributed by atoms with van der Waals surface area (Å²) in [5, 5.41) is 4.48. The van der Waals surface area contributed by atoms with Gasteiger partial charge in [0.15, 0.2) is 5.76 Å². The Kier molecular flexibility index (Phi) is 7.04. The number of amides is 1. The average Bonchev–Trinajstić information content (AvgIpc) is 3.57. The van der Waals surface area contributed by atoms with E-state index in [1.54, 1.807) is 30.5 Å². The highest BCUT2D eigenvalue weighted by molar-refractivity contribution is 6.31. The van der Waals surface area contributed by atoms with Crippen molar-refractivity contribution >= 4 is 34.2 Å². The van der Waals surface area contributed by atoms with Crippen LogP contribution in [0.3, 0.4) is 0 Å². The molecule has 9 heteroatoms. The molecule has 1 fully saturated rings. The standard InChI is InChI=1S/C30H28ClN5O3/c1-35-26(20-5-8-24(9-6-20)36-12-14-38-15-13-36)19-33-29(35)25(18-23-4-2-3-11-32-23)34-30(37)28-17-21-16-22(31)7-10-27(21)39-28/h2-11,16-17,19,25H,12-15,18H2,1H3,(H,34,37)/t25-/m0/s1. The minimum atomic E-state index is -0.435. The van der Waals surface area contributed by atoms with Gasteiger partial charge in [0.1, 0.15) is 11.4 Å². The predicted octanol–water partition coefficient (Wildman–Crippen LogP) is 5.43. The number of fused-ring (bicyclic) bond motifs is 1. The first-order chi connectivity index (χ1) is 19.0. The molecule has 0 saturated carbocycles. The lowest BCUT2D eigenvalue weighted by Gasteiger charge is -2.28. The molecule has 5 aromatic rings. The van der Waals surface area contributed by atoms with Gasteiger partial charge in [0, 0.05) is 54.5 Å². The number of anilines is 1. The van der Waals surface area contributed by atoms with Crippen LogP contribution in [-0.2, 0) is 18.2 Å². The molecule has 1 atom stereocenters. The van der Waals surface area contributed by atoms with Crippen molar-refractivity contribution in [2.75, 3.05) is 31.2 Å². The van der Waals surface area contributed by atoms with Gasteiger partial charge in [0.25, 0.3) is 5.91 Å². The third-order valence-corrected chi connectivity index (χ3v) is 7.26. The zero-order valence-electron chi connectivity index (χ0n) is 21.5. The third kappa shape index (κ3) is 5.39. The molecular formula is C30H28ClN5O3. The fraction of sp³-hybridized carbons (Fsp3) is 0.233. The van der Waals surface area contributed by atoms with Crippen LogP contribution in [0.2, 0.25) is 5.02 Å². The Morgan fingerprint density at radius 1 is 1.05 bits per heavy atom. The van der Waals surface area contributed by atoms with Crippen molar-refractivity contribution in [3.8, 4) is 11.3 Å². The van der Waals surface area contributed by atoms with Gasteiger partial charge in [-0.1, -0.05) is 29.8 Å². The van der Waals surface area contributed by atoms with Crippen LogP contribution in [0, 0.1) is 0 Å². The van der Waals surface area contributed by atoms with Crippen molar-refractivity contribution in [3.63, 3.8) is 0 Å². The molecular weight excluding hydrogens is 514 g/mol. The molecule has 3 aromatic heterocycles. The lowest BCUT2D eigenvalue weighted by molar-refractivity contribution is 0.0908. The number of aromatic nitrogens is 3. The second-order valence-corrected chi connectivity index (χ2v) is 9.99. The van der Waals surface area contributed by atoms with E-state index in [1.807, 2.05) is 36.0 Å². The summed E-state index contributed by atoms with van der Waals surface area (Å²) in [6, 6.07) is 20.8. The highest BCUT2D eigenvalue weighted by Gasteiger charge is 2.24. The summed E-state index contributed by atoms with van der Waals surface area (Å²) >= 11 is 6.11. The Balaban J connectivity index is 1.28. The highest BCUT2D eigenvalue weighted by Crippen LogP contribution is 2.28. The molecule has 0 aliphatic carbocycles. The average molecular weight is 542 g/mol. The summed E-state index contributed by atoms with van der Waals surface area (Å²) in [6.07, 6.45) is 4.07. The van der Waals surface area contributed by atoms with E-state index in [2.05, 4.69) is 39.5 Å². The first-order valence-electron chi connectivity index (χ1n) is 12.9. The number of ether oxygens (including phenoxy) is 1. The molecule has 4 heterocycles. The SMILES string of the molecule is Cn1c(-c2ccc(N3CCOCC3)cc2)cnc1[C@H](Cc1ccccn1)NC(=O)c1cc2cc(Cl)ccc2o1. The van der Waals surface area contributed by atoms with E-state index in [1.165, 1.54) is 5.69 Å². The van der Waals surface area contributed by atoms with E-state index in [9.17, 15) is 4.79 Å². The third-order valence-electron chi connectivity index (χ3n) is 7.02. The second kappa shape index (κ2) is 10.9. The number of carbonyl (C=O) groups is 1. The lowest BCUT2D eigenvalue weighted by atomic mass is 10.1. The molecule has 0 bridgehead atoms. The number of pyridine rings is 1. The first-order valence-corrected chi connectivity index (χ1v) is 13.3. The number of morpholine rings is 1. The van der Waals surface area contributed by atoms with Gasteiger partial charge in [-0.2, -0.15) is 0 Å². The maximum Gasteiger partial charge on any atom is 0.287 e. The van der Waals surface area contributed by atoms with E-state index in [0.717, 1.165) is 54.5 Å². The number of rotatable bonds is 7. The van der Waals surface area contributed by atoms with Crippen LogP contribution in [0.4, 0.5) is 5.69 Å².